The second-order valence-electron chi connectivity index (χ2n) is 8.58. The number of rotatable bonds is 5. The van der Waals surface area contributed by atoms with Gasteiger partial charge < -0.3 is 9.73 Å². The number of fused-ring (bicyclic) bond motifs is 1. The standard InChI is InChI=1S/C26H23FN6O2/c1-13-10-18(16(4)29-21-6-5-9-28-22(21)26-30-32-33-31-26)25-19(11-13)23(34)15(3)24(35-25)17-7-8-20(27)14(2)12-17/h5-12,16,29H,1-4H3,(H,30,31,32,33)/t16-/m1/s1. The van der Waals surface area contributed by atoms with Crippen LogP contribution in [0.4, 0.5) is 10.1 Å². The van der Waals surface area contributed by atoms with Crippen LogP contribution in [-0.4, -0.2) is 25.6 Å². The number of hydrogen-bond donors (Lipinski definition) is 2. The summed E-state index contributed by atoms with van der Waals surface area (Å²) in [5.41, 5.74) is 4.97. The molecule has 0 radical (unpaired) electrons. The third-order valence-electron chi connectivity index (χ3n) is 6.02. The predicted molar refractivity (Wildman–Crippen MR) is 132 cm³/mol. The molecule has 0 aliphatic rings. The van der Waals surface area contributed by atoms with E-state index in [-0.39, 0.29) is 17.3 Å². The van der Waals surface area contributed by atoms with Crippen LogP contribution >= 0.6 is 0 Å². The number of hydrogen-bond acceptors (Lipinski definition) is 7. The lowest BCUT2D eigenvalue weighted by Crippen LogP contribution is -2.13. The average Bonchev–Trinajstić information content (AvgIpc) is 3.38. The number of H-pyrrole nitrogens is 1. The summed E-state index contributed by atoms with van der Waals surface area (Å²) in [4.78, 5) is 17.8. The molecule has 9 heteroatoms. The monoisotopic (exact) mass is 470 g/mol. The molecule has 5 rings (SSSR count). The Morgan fingerprint density at radius 1 is 1.11 bits per heavy atom. The van der Waals surface area contributed by atoms with E-state index in [1.165, 1.54) is 6.07 Å². The van der Waals surface area contributed by atoms with E-state index in [2.05, 4.69) is 30.9 Å². The number of tetrazole rings is 1. The lowest BCUT2D eigenvalue weighted by Gasteiger charge is -2.19. The highest BCUT2D eigenvalue weighted by Gasteiger charge is 2.20. The maximum atomic E-state index is 13.9. The number of benzene rings is 2. The molecular formula is C26H23FN6O2. The molecular weight excluding hydrogens is 447 g/mol. The van der Waals surface area contributed by atoms with Gasteiger partial charge in [-0.25, -0.2) is 4.39 Å². The van der Waals surface area contributed by atoms with E-state index < -0.39 is 0 Å². The Morgan fingerprint density at radius 3 is 2.69 bits per heavy atom. The number of aromatic nitrogens is 5. The number of halogens is 1. The summed E-state index contributed by atoms with van der Waals surface area (Å²) < 4.78 is 20.3. The Hall–Kier alpha value is -4.40. The highest BCUT2D eigenvalue weighted by Crippen LogP contribution is 2.33. The summed E-state index contributed by atoms with van der Waals surface area (Å²) in [7, 11) is 0. The Kier molecular flexibility index (Phi) is 5.60. The molecule has 3 heterocycles. The minimum absolute atomic E-state index is 0.116. The molecule has 1 atom stereocenters. The summed E-state index contributed by atoms with van der Waals surface area (Å²) in [6.45, 7) is 7.33. The summed E-state index contributed by atoms with van der Waals surface area (Å²) in [5.74, 6) is 0.486. The van der Waals surface area contributed by atoms with Crippen molar-refractivity contribution in [2.75, 3.05) is 5.32 Å². The molecule has 0 unspecified atom stereocenters. The van der Waals surface area contributed by atoms with Gasteiger partial charge in [-0.15, -0.1) is 10.2 Å². The lowest BCUT2D eigenvalue weighted by atomic mass is 9.98. The van der Waals surface area contributed by atoms with Crippen LogP contribution in [0.25, 0.3) is 33.8 Å². The van der Waals surface area contributed by atoms with Crippen molar-refractivity contribution in [2.24, 2.45) is 0 Å². The van der Waals surface area contributed by atoms with Crippen molar-refractivity contribution >= 4 is 16.7 Å². The van der Waals surface area contributed by atoms with Crippen LogP contribution in [0, 0.1) is 26.6 Å². The first kappa shape index (κ1) is 22.4. The van der Waals surface area contributed by atoms with Crippen molar-refractivity contribution in [2.45, 2.75) is 33.7 Å². The van der Waals surface area contributed by atoms with Gasteiger partial charge in [0.2, 0.25) is 5.82 Å². The van der Waals surface area contributed by atoms with Crippen LogP contribution in [0.1, 0.15) is 35.2 Å². The molecule has 0 bridgehead atoms. The molecule has 0 aliphatic carbocycles. The van der Waals surface area contributed by atoms with Crippen molar-refractivity contribution in [3.05, 3.63) is 87.0 Å². The van der Waals surface area contributed by atoms with E-state index in [1.807, 2.05) is 38.1 Å². The molecule has 8 nitrogen and oxygen atoms in total. The summed E-state index contributed by atoms with van der Waals surface area (Å²) in [5, 5.41) is 18.1. The number of nitrogens with one attached hydrogen (secondary N) is 2. The van der Waals surface area contributed by atoms with Crippen LogP contribution in [0.3, 0.4) is 0 Å². The molecule has 0 amide bonds. The van der Waals surface area contributed by atoms with Gasteiger partial charge in [-0.1, -0.05) is 6.07 Å². The molecule has 176 valence electrons. The van der Waals surface area contributed by atoms with Gasteiger partial charge in [0.25, 0.3) is 0 Å². The highest BCUT2D eigenvalue weighted by atomic mass is 19.1. The molecule has 3 aromatic heterocycles. The molecule has 0 fully saturated rings. The van der Waals surface area contributed by atoms with Crippen molar-refractivity contribution in [1.29, 1.82) is 0 Å². The molecule has 35 heavy (non-hydrogen) atoms. The van der Waals surface area contributed by atoms with Gasteiger partial charge in [0.1, 0.15) is 22.9 Å². The number of aryl methyl sites for hydroxylation is 2. The zero-order valence-corrected chi connectivity index (χ0v) is 19.7. The second kappa shape index (κ2) is 8.75. The van der Waals surface area contributed by atoms with Crippen molar-refractivity contribution < 1.29 is 8.81 Å². The topological polar surface area (TPSA) is 110 Å². The van der Waals surface area contributed by atoms with Crippen LogP contribution < -0.4 is 10.7 Å². The van der Waals surface area contributed by atoms with Gasteiger partial charge in [0, 0.05) is 22.9 Å². The van der Waals surface area contributed by atoms with E-state index in [0.29, 0.717) is 50.6 Å². The molecule has 0 saturated heterocycles. The highest BCUT2D eigenvalue weighted by molar-refractivity contribution is 5.85. The molecule has 0 aliphatic heterocycles. The lowest BCUT2D eigenvalue weighted by molar-refractivity contribution is 0.602. The van der Waals surface area contributed by atoms with E-state index in [1.54, 1.807) is 32.2 Å². The van der Waals surface area contributed by atoms with Crippen molar-refractivity contribution in [1.82, 2.24) is 25.6 Å². The third kappa shape index (κ3) is 4.05. The number of nitrogens with zero attached hydrogens (tertiary/aromatic N) is 4. The number of anilines is 1. The Labute approximate surface area is 200 Å². The van der Waals surface area contributed by atoms with Crippen molar-refractivity contribution in [3.8, 4) is 22.8 Å². The first-order valence-corrected chi connectivity index (χ1v) is 11.1. The number of pyridine rings is 1. The maximum Gasteiger partial charge on any atom is 0.225 e. The van der Waals surface area contributed by atoms with E-state index >= 15 is 0 Å². The van der Waals surface area contributed by atoms with Crippen molar-refractivity contribution in [3.63, 3.8) is 0 Å². The molecule has 2 N–H and O–H groups in total. The van der Waals surface area contributed by atoms with Crippen LogP contribution in [0.2, 0.25) is 0 Å². The maximum absolute atomic E-state index is 13.9. The SMILES string of the molecule is Cc1cc([C@@H](C)Nc2cccnc2-c2nn[nH]n2)c2oc(-c3ccc(F)c(C)c3)c(C)c(=O)c2c1. The minimum atomic E-state index is -0.308. The minimum Gasteiger partial charge on any atom is -0.455 e. The summed E-state index contributed by atoms with van der Waals surface area (Å²) in [6, 6.07) is 11.9. The molecule has 0 saturated carbocycles. The molecule has 0 spiro atoms. The zero-order valence-electron chi connectivity index (χ0n) is 19.7. The van der Waals surface area contributed by atoms with E-state index in [4.69, 9.17) is 4.42 Å². The first-order valence-electron chi connectivity index (χ1n) is 11.1. The van der Waals surface area contributed by atoms with Gasteiger partial charge in [-0.05, 0) is 80.4 Å². The quantitative estimate of drug-likeness (QED) is 0.360. The van der Waals surface area contributed by atoms with Crippen LogP contribution in [0.15, 0.2) is 57.9 Å². The number of aromatic amines is 1. The second-order valence-corrected chi connectivity index (χ2v) is 8.58. The largest absolute Gasteiger partial charge is 0.455 e. The third-order valence-corrected chi connectivity index (χ3v) is 6.02. The fraction of sp³-hybridized carbons (Fsp3) is 0.192. The van der Waals surface area contributed by atoms with Gasteiger partial charge in [0.05, 0.1) is 17.1 Å². The zero-order chi connectivity index (χ0) is 24.7. The van der Waals surface area contributed by atoms with Gasteiger partial charge in [-0.3, -0.25) is 9.78 Å². The summed E-state index contributed by atoms with van der Waals surface area (Å²) in [6.07, 6.45) is 1.66. The Bertz CT molecular complexity index is 1610. The molecule has 5 aromatic rings. The normalized spacial score (nSPS) is 12.1. The predicted octanol–water partition coefficient (Wildman–Crippen LogP) is 5.27. The molecule has 2 aromatic carbocycles. The fourth-order valence-corrected chi connectivity index (χ4v) is 4.22. The Morgan fingerprint density at radius 2 is 1.94 bits per heavy atom. The smallest absolute Gasteiger partial charge is 0.225 e. The average molecular weight is 471 g/mol. The van der Waals surface area contributed by atoms with E-state index in [0.717, 1.165) is 11.1 Å². The van der Waals surface area contributed by atoms with Crippen LogP contribution in [0.5, 0.6) is 0 Å². The van der Waals surface area contributed by atoms with Crippen LogP contribution in [-0.2, 0) is 0 Å². The van der Waals surface area contributed by atoms with Gasteiger partial charge in [-0.2, -0.15) is 5.21 Å². The fourth-order valence-electron chi connectivity index (χ4n) is 4.22. The first-order chi connectivity index (χ1) is 16.8. The Balaban J connectivity index is 1.65. The van der Waals surface area contributed by atoms with Gasteiger partial charge in [0.15, 0.2) is 5.43 Å². The van der Waals surface area contributed by atoms with E-state index in [9.17, 15) is 9.18 Å². The van der Waals surface area contributed by atoms with Gasteiger partial charge >= 0.3 is 0 Å². The summed E-state index contributed by atoms with van der Waals surface area (Å²) >= 11 is 0.